The highest BCUT2D eigenvalue weighted by Gasteiger charge is 2.18. The first-order chi connectivity index (χ1) is 6.93. The van der Waals surface area contributed by atoms with E-state index in [2.05, 4.69) is 0 Å². The van der Waals surface area contributed by atoms with Crippen LogP contribution in [0.4, 0.5) is 4.39 Å². The molecule has 1 unspecified atom stereocenters. The van der Waals surface area contributed by atoms with Crippen molar-refractivity contribution >= 4 is 5.97 Å². The van der Waals surface area contributed by atoms with Crippen molar-refractivity contribution in [2.75, 3.05) is 0 Å². The van der Waals surface area contributed by atoms with Crippen molar-refractivity contribution < 1.29 is 24.5 Å². The summed E-state index contributed by atoms with van der Waals surface area (Å²) in [6, 6.07) is 1.05. The molecule has 0 heterocycles. The van der Waals surface area contributed by atoms with Crippen LogP contribution in [0.1, 0.15) is 18.0 Å². The van der Waals surface area contributed by atoms with Crippen LogP contribution in [0, 0.1) is 5.82 Å². The summed E-state index contributed by atoms with van der Waals surface area (Å²) in [6.45, 7) is 0. The fourth-order valence-corrected chi connectivity index (χ4v) is 1.17. The van der Waals surface area contributed by atoms with Crippen LogP contribution in [-0.2, 0) is 4.79 Å². The number of phenolic OH excluding ortho intramolecular Hbond substituents is 2. The van der Waals surface area contributed by atoms with Gasteiger partial charge in [0.05, 0.1) is 6.42 Å². The molecule has 0 aliphatic rings. The largest absolute Gasteiger partial charge is 0.504 e. The molecule has 1 atom stereocenters. The van der Waals surface area contributed by atoms with E-state index in [0.29, 0.717) is 0 Å². The normalized spacial score (nSPS) is 12.4. The van der Waals surface area contributed by atoms with Crippen molar-refractivity contribution in [1.29, 1.82) is 0 Å². The zero-order valence-electron chi connectivity index (χ0n) is 7.64. The second-order valence-electron chi connectivity index (χ2n) is 3.04. The molecule has 1 aromatic carbocycles. The van der Waals surface area contributed by atoms with Gasteiger partial charge in [-0.05, 0) is 6.07 Å². The molecule has 1 aromatic rings. The summed E-state index contributed by atoms with van der Waals surface area (Å²) in [5, 5.41) is 26.8. The number of carbonyl (C=O) groups is 1. The summed E-state index contributed by atoms with van der Waals surface area (Å²) in [4.78, 5) is 10.3. The fraction of sp³-hybridized carbons (Fsp3) is 0.222. The van der Waals surface area contributed by atoms with Gasteiger partial charge in [-0.15, -0.1) is 0 Å². The minimum absolute atomic E-state index is 0.00343. The first-order valence-electron chi connectivity index (χ1n) is 4.11. The highest BCUT2D eigenvalue weighted by atomic mass is 19.1. The Hall–Kier alpha value is -1.82. The van der Waals surface area contributed by atoms with E-state index < -0.39 is 35.7 Å². The van der Waals surface area contributed by atoms with Crippen molar-refractivity contribution in [3.8, 4) is 11.5 Å². The highest BCUT2D eigenvalue weighted by Crippen LogP contribution is 2.35. The van der Waals surface area contributed by atoms with E-state index in [1.54, 1.807) is 0 Å². The minimum atomic E-state index is -1.15. The molecule has 0 radical (unpaired) electrons. The number of aliphatic carboxylic acids is 1. The molecule has 0 aromatic heterocycles. The Labute approximate surface area is 84.6 Å². The lowest BCUT2D eigenvalue weighted by Gasteiger charge is -2.12. The van der Waals surface area contributed by atoms with Gasteiger partial charge in [0.25, 0.3) is 0 Å². The Bertz CT molecular complexity index is 394. The Morgan fingerprint density at radius 3 is 2.53 bits per heavy atom. The SMILES string of the molecule is NC(CC(=O)O)c1ccc(F)c(O)c1O. The number of hydrogen-bond acceptors (Lipinski definition) is 4. The average Bonchev–Trinajstić information content (AvgIpc) is 2.13. The number of hydrogen-bond donors (Lipinski definition) is 4. The summed E-state index contributed by atoms with van der Waals surface area (Å²) in [5.41, 5.74) is 5.44. The molecular weight excluding hydrogens is 205 g/mol. The second-order valence-corrected chi connectivity index (χ2v) is 3.04. The maximum Gasteiger partial charge on any atom is 0.305 e. The lowest BCUT2D eigenvalue weighted by molar-refractivity contribution is -0.137. The standard InChI is InChI=1S/C9H10FNO4/c10-5-2-1-4(8(14)9(5)15)6(11)3-7(12)13/h1-2,6,14-15H,3,11H2,(H,12,13). The maximum atomic E-state index is 12.7. The molecule has 0 amide bonds. The molecule has 1 rings (SSSR count). The smallest absolute Gasteiger partial charge is 0.305 e. The molecule has 5 N–H and O–H groups in total. The molecule has 15 heavy (non-hydrogen) atoms. The van der Waals surface area contributed by atoms with E-state index in [0.717, 1.165) is 12.1 Å². The molecule has 6 heteroatoms. The van der Waals surface area contributed by atoms with Gasteiger partial charge >= 0.3 is 5.97 Å². The third kappa shape index (κ3) is 2.35. The highest BCUT2D eigenvalue weighted by molar-refractivity contribution is 5.68. The van der Waals surface area contributed by atoms with Crippen LogP contribution in [-0.4, -0.2) is 21.3 Å². The Kier molecular flexibility index (Phi) is 3.11. The number of halogens is 1. The van der Waals surface area contributed by atoms with Gasteiger partial charge < -0.3 is 21.1 Å². The number of rotatable bonds is 3. The summed E-state index contributed by atoms with van der Waals surface area (Å²) in [5.74, 6) is -3.78. The third-order valence-electron chi connectivity index (χ3n) is 1.93. The molecule has 0 fully saturated rings. The molecule has 0 spiro atoms. The van der Waals surface area contributed by atoms with Gasteiger partial charge in [-0.25, -0.2) is 4.39 Å². The Morgan fingerprint density at radius 1 is 1.40 bits per heavy atom. The Balaban J connectivity index is 3.05. The van der Waals surface area contributed by atoms with E-state index in [-0.39, 0.29) is 5.56 Å². The number of phenols is 2. The van der Waals surface area contributed by atoms with Crippen LogP contribution in [0.3, 0.4) is 0 Å². The van der Waals surface area contributed by atoms with Crippen LogP contribution >= 0.6 is 0 Å². The van der Waals surface area contributed by atoms with Crippen LogP contribution in [0.2, 0.25) is 0 Å². The summed E-state index contributed by atoms with van der Waals surface area (Å²) < 4.78 is 12.7. The zero-order valence-corrected chi connectivity index (χ0v) is 7.64. The summed E-state index contributed by atoms with van der Waals surface area (Å²) in [7, 11) is 0. The van der Waals surface area contributed by atoms with E-state index in [9.17, 15) is 14.3 Å². The average molecular weight is 215 g/mol. The molecule has 0 saturated heterocycles. The minimum Gasteiger partial charge on any atom is -0.504 e. The number of carboxylic acid groups (broad SMARTS) is 1. The van der Waals surface area contributed by atoms with Crippen molar-refractivity contribution in [2.45, 2.75) is 12.5 Å². The van der Waals surface area contributed by atoms with Gasteiger partial charge in [-0.3, -0.25) is 4.79 Å². The maximum absolute atomic E-state index is 12.7. The molecule has 0 aliphatic carbocycles. The molecule has 0 bridgehead atoms. The van der Waals surface area contributed by atoms with Gasteiger partial charge in [0.15, 0.2) is 17.3 Å². The van der Waals surface area contributed by atoms with E-state index in [1.165, 1.54) is 0 Å². The molecule has 5 nitrogen and oxygen atoms in total. The van der Waals surface area contributed by atoms with Gasteiger partial charge in [0.1, 0.15) is 0 Å². The number of benzene rings is 1. The summed E-state index contributed by atoms with van der Waals surface area (Å²) >= 11 is 0. The zero-order chi connectivity index (χ0) is 11.6. The van der Waals surface area contributed by atoms with Crippen LogP contribution in [0.5, 0.6) is 11.5 Å². The Morgan fingerprint density at radius 2 is 2.00 bits per heavy atom. The number of aromatic hydroxyl groups is 2. The van der Waals surface area contributed by atoms with E-state index in [1.807, 2.05) is 0 Å². The number of nitrogens with two attached hydrogens (primary N) is 1. The fourth-order valence-electron chi connectivity index (χ4n) is 1.17. The molecule has 0 saturated carbocycles. The quantitative estimate of drug-likeness (QED) is 0.556. The van der Waals surface area contributed by atoms with Crippen LogP contribution in [0.25, 0.3) is 0 Å². The monoisotopic (exact) mass is 215 g/mol. The summed E-state index contributed by atoms with van der Waals surface area (Å²) in [6.07, 6.45) is -0.418. The van der Waals surface area contributed by atoms with Gasteiger partial charge in [-0.2, -0.15) is 0 Å². The van der Waals surface area contributed by atoms with E-state index >= 15 is 0 Å². The lowest BCUT2D eigenvalue weighted by atomic mass is 10.0. The topological polar surface area (TPSA) is 104 Å². The van der Waals surface area contributed by atoms with Crippen molar-refractivity contribution in [3.63, 3.8) is 0 Å². The van der Waals surface area contributed by atoms with Gasteiger partial charge in [-0.1, -0.05) is 6.07 Å². The first kappa shape index (κ1) is 11.3. The van der Waals surface area contributed by atoms with Crippen molar-refractivity contribution in [2.24, 2.45) is 5.73 Å². The molecule has 82 valence electrons. The predicted molar refractivity (Wildman–Crippen MR) is 48.9 cm³/mol. The van der Waals surface area contributed by atoms with E-state index in [4.69, 9.17) is 15.9 Å². The van der Waals surface area contributed by atoms with Gasteiger partial charge in [0.2, 0.25) is 0 Å². The van der Waals surface area contributed by atoms with Crippen LogP contribution in [0.15, 0.2) is 12.1 Å². The van der Waals surface area contributed by atoms with Gasteiger partial charge in [0, 0.05) is 11.6 Å². The molecule has 0 aliphatic heterocycles. The van der Waals surface area contributed by atoms with Crippen LogP contribution < -0.4 is 5.73 Å². The first-order valence-corrected chi connectivity index (χ1v) is 4.11. The van der Waals surface area contributed by atoms with Crippen molar-refractivity contribution in [1.82, 2.24) is 0 Å². The molecular formula is C9H10FNO4. The third-order valence-corrected chi connectivity index (χ3v) is 1.93. The lowest BCUT2D eigenvalue weighted by Crippen LogP contribution is -2.15. The predicted octanol–water partition coefficient (Wildman–Crippen LogP) is 0.711. The van der Waals surface area contributed by atoms with Crippen molar-refractivity contribution in [3.05, 3.63) is 23.5 Å². The number of carboxylic acids is 1. The second kappa shape index (κ2) is 4.14.